The van der Waals surface area contributed by atoms with Gasteiger partial charge in [-0.15, -0.1) is 0 Å². The highest BCUT2D eigenvalue weighted by molar-refractivity contribution is 5.96. The predicted octanol–water partition coefficient (Wildman–Crippen LogP) is 2.54. The number of nitrogens with zero attached hydrogens (tertiary/aromatic N) is 1. The van der Waals surface area contributed by atoms with Crippen LogP contribution in [0.4, 0.5) is 0 Å². The zero-order valence-corrected chi connectivity index (χ0v) is 12.8. The number of benzene rings is 1. The van der Waals surface area contributed by atoms with Crippen LogP contribution in [0.5, 0.6) is 0 Å². The summed E-state index contributed by atoms with van der Waals surface area (Å²) in [6.45, 7) is 5.96. The minimum atomic E-state index is -0.192. The molecular weight excluding hydrogens is 262 g/mol. The Kier molecular flexibility index (Phi) is 5.41. The quantitative estimate of drug-likeness (QED) is 0.848. The molecule has 112 valence electrons. The molecule has 21 heavy (non-hydrogen) atoms. The molecule has 3 nitrogen and oxygen atoms in total. The van der Waals surface area contributed by atoms with Gasteiger partial charge in [0.1, 0.15) is 6.61 Å². The normalized spacial score (nSPS) is 15.7. The number of aliphatic hydroxyl groups is 1. The first-order valence-corrected chi connectivity index (χ1v) is 7.61. The Bertz CT molecular complexity index is 546. The molecule has 0 aromatic heterocycles. The zero-order chi connectivity index (χ0) is 15.2. The molecule has 1 heterocycles. The number of hydrogen-bond donors (Lipinski definition) is 1. The van der Waals surface area contributed by atoms with Crippen LogP contribution in [0.2, 0.25) is 0 Å². The maximum atomic E-state index is 12.7. The first kappa shape index (κ1) is 15.6. The van der Waals surface area contributed by atoms with E-state index in [4.69, 9.17) is 5.11 Å². The van der Waals surface area contributed by atoms with Gasteiger partial charge in [-0.05, 0) is 36.8 Å². The molecule has 1 aromatic rings. The monoisotopic (exact) mass is 285 g/mol. The van der Waals surface area contributed by atoms with E-state index in [1.54, 1.807) is 0 Å². The van der Waals surface area contributed by atoms with Gasteiger partial charge in [0.15, 0.2) is 0 Å². The van der Waals surface area contributed by atoms with E-state index in [1.165, 1.54) is 0 Å². The lowest BCUT2D eigenvalue weighted by Gasteiger charge is -2.34. The maximum absolute atomic E-state index is 12.7. The summed E-state index contributed by atoms with van der Waals surface area (Å²) < 4.78 is 0. The molecule has 3 heteroatoms. The molecule has 1 N–H and O–H groups in total. The molecule has 1 fully saturated rings. The standard InChI is InChI=1S/C18H23NO2/c1-14(2)15-9-11-19(12-10-15)18(21)17-8-4-3-6-16(17)7-5-13-20/h3-4,6,8,14-15,20H,9-13H2,1-2H3. The topological polar surface area (TPSA) is 40.5 Å². The van der Waals surface area contributed by atoms with Crippen molar-refractivity contribution in [2.24, 2.45) is 11.8 Å². The van der Waals surface area contributed by atoms with Crippen LogP contribution in [0.15, 0.2) is 24.3 Å². The van der Waals surface area contributed by atoms with Crippen LogP contribution in [0, 0.1) is 23.7 Å². The largest absolute Gasteiger partial charge is 0.384 e. The van der Waals surface area contributed by atoms with E-state index >= 15 is 0 Å². The Hall–Kier alpha value is -1.79. The Morgan fingerprint density at radius 1 is 1.33 bits per heavy atom. The second-order valence-electron chi connectivity index (χ2n) is 5.88. The van der Waals surface area contributed by atoms with Crippen LogP contribution >= 0.6 is 0 Å². The molecule has 0 aliphatic carbocycles. The number of piperidine rings is 1. The van der Waals surface area contributed by atoms with Crippen molar-refractivity contribution >= 4 is 5.91 Å². The van der Waals surface area contributed by atoms with E-state index in [0.29, 0.717) is 17.0 Å². The van der Waals surface area contributed by atoms with Crippen molar-refractivity contribution in [3.05, 3.63) is 35.4 Å². The van der Waals surface area contributed by atoms with Gasteiger partial charge in [0, 0.05) is 18.7 Å². The van der Waals surface area contributed by atoms with Gasteiger partial charge in [-0.1, -0.05) is 37.8 Å². The minimum absolute atomic E-state index is 0.0556. The zero-order valence-electron chi connectivity index (χ0n) is 12.8. The Morgan fingerprint density at radius 2 is 2.00 bits per heavy atom. The molecule has 0 radical (unpaired) electrons. The maximum Gasteiger partial charge on any atom is 0.255 e. The van der Waals surface area contributed by atoms with Crippen molar-refractivity contribution in [2.75, 3.05) is 19.7 Å². The van der Waals surface area contributed by atoms with Crippen LogP contribution in [0.3, 0.4) is 0 Å². The van der Waals surface area contributed by atoms with Gasteiger partial charge in [-0.3, -0.25) is 4.79 Å². The van der Waals surface area contributed by atoms with Crippen molar-refractivity contribution in [3.8, 4) is 11.8 Å². The number of amides is 1. The van der Waals surface area contributed by atoms with Crippen molar-refractivity contribution < 1.29 is 9.90 Å². The molecule has 1 aromatic carbocycles. The number of hydrogen-bond acceptors (Lipinski definition) is 2. The molecule has 1 amide bonds. The third-order valence-corrected chi connectivity index (χ3v) is 4.23. The summed E-state index contributed by atoms with van der Waals surface area (Å²) in [5.74, 6) is 6.94. The van der Waals surface area contributed by atoms with Gasteiger partial charge in [0.2, 0.25) is 0 Å². The van der Waals surface area contributed by atoms with Crippen molar-refractivity contribution in [1.29, 1.82) is 0 Å². The van der Waals surface area contributed by atoms with E-state index in [2.05, 4.69) is 25.7 Å². The molecule has 0 saturated carbocycles. The van der Waals surface area contributed by atoms with Crippen LogP contribution in [0.1, 0.15) is 42.6 Å². The molecule has 0 bridgehead atoms. The third-order valence-electron chi connectivity index (χ3n) is 4.23. The third kappa shape index (κ3) is 3.86. The van der Waals surface area contributed by atoms with E-state index in [1.807, 2.05) is 29.2 Å². The smallest absolute Gasteiger partial charge is 0.255 e. The fraction of sp³-hybridized carbons (Fsp3) is 0.500. The fourth-order valence-electron chi connectivity index (χ4n) is 2.85. The summed E-state index contributed by atoms with van der Waals surface area (Å²) in [6, 6.07) is 7.37. The van der Waals surface area contributed by atoms with E-state index in [-0.39, 0.29) is 12.5 Å². The van der Waals surface area contributed by atoms with Gasteiger partial charge in [-0.2, -0.15) is 0 Å². The highest BCUT2D eigenvalue weighted by Crippen LogP contribution is 2.25. The summed E-state index contributed by atoms with van der Waals surface area (Å²) in [7, 11) is 0. The van der Waals surface area contributed by atoms with Crippen molar-refractivity contribution in [3.63, 3.8) is 0 Å². The van der Waals surface area contributed by atoms with Gasteiger partial charge in [0.25, 0.3) is 5.91 Å². The van der Waals surface area contributed by atoms with Crippen LogP contribution in [0.25, 0.3) is 0 Å². The van der Waals surface area contributed by atoms with Gasteiger partial charge in [-0.25, -0.2) is 0 Å². The SMILES string of the molecule is CC(C)C1CCN(C(=O)c2ccccc2C#CCO)CC1. The Morgan fingerprint density at radius 3 is 2.62 bits per heavy atom. The van der Waals surface area contributed by atoms with Crippen LogP contribution in [-0.2, 0) is 0 Å². The van der Waals surface area contributed by atoms with E-state index < -0.39 is 0 Å². The molecular formula is C18H23NO2. The summed E-state index contributed by atoms with van der Waals surface area (Å²) >= 11 is 0. The Balaban J connectivity index is 2.11. The number of likely N-dealkylation sites (tertiary alicyclic amines) is 1. The summed E-state index contributed by atoms with van der Waals surface area (Å²) in [5, 5.41) is 8.82. The fourth-order valence-corrected chi connectivity index (χ4v) is 2.85. The molecule has 1 saturated heterocycles. The minimum Gasteiger partial charge on any atom is -0.384 e. The van der Waals surface area contributed by atoms with Gasteiger partial charge >= 0.3 is 0 Å². The second-order valence-corrected chi connectivity index (χ2v) is 5.88. The highest BCUT2D eigenvalue weighted by Gasteiger charge is 2.25. The summed E-state index contributed by atoms with van der Waals surface area (Å²) in [4.78, 5) is 14.6. The first-order chi connectivity index (χ1) is 10.1. The predicted molar refractivity (Wildman–Crippen MR) is 83.9 cm³/mol. The number of carbonyl (C=O) groups is 1. The lowest BCUT2D eigenvalue weighted by atomic mass is 9.86. The average molecular weight is 285 g/mol. The second kappa shape index (κ2) is 7.28. The first-order valence-electron chi connectivity index (χ1n) is 7.61. The summed E-state index contributed by atoms with van der Waals surface area (Å²) in [6.07, 6.45) is 2.15. The number of carbonyl (C=O) groups excluding carboxylic acids is 1. The van der Waals surface area contributed by atoms with Crippen molar-refractivity contribution in [1.82, 2.24) is 4.90 Å². The number of aliphatic hydroxyl groups excluding tert-OH is 1. The van der Waals surface area contributed by atoms with E-state index in [0.717, 1.165) is 31.8 Å². The lowest BCUT2D eigenvalue weighted by molar-refractivity contribution is 0.0667. The van der Waals surface area contributed by atoms with Gasteiger partial charge in [0.05, 0.1) is 5.56 Å². The highest BCUT2D eigenvalue weighted by atomic mass is 16.2. The lowest BCUT2D eigenvalue weighted by Crippen LogP contribution is -2.39. The van der Waals surface area contributed by atoms with Crippen LogP contribution in [-0.4, -0.2) is 35.6 Å². The van der Waals surface area contributed by atoms with Crippen molar-refractivity contribution in [2.45, 2.75) is 26.7 Å². The Labute approximate surface area is 127 Å². The van der Waals surface area contributed by atoms with Gasteiger partial charge < -0.3 is 10.0 Å². The molecule has 0 spiro atoms. The molecule has 0 unspecified atom stereocenters. The molecule has 1 aliphatic heterocycles. The average Bonchev–Trinajstić information content (AvgIpc) is 2.52. The van der Waals surface area contributed by atoms with E-state index in [9.17, 15) is 4.79 Å². The molecule has 1 aliphatic rings. The van der Waals surface area contributed by atoms with Crippen LogP contribution < -0.4 is 0 Å². The number of rotatable bonds is 2. The molecule has 2 rings (SSSR count). The molecule has 0 atom stereocenters. The summed E-state index contributed by atoms with van der Waals surface area (Å²) in [5.41, 5.74) is 1.34.